The lowest BCUT2D eigenvalue weighted by Gasteiger charge is -2.26. The molecule has 0 atom stereocenters. The van der Waals surface area contributed by atoms with Gasteiger partial charge in [0.15, 0.2) is 5.82 Å². The highest BCUT2D eigenvalue weighted by Crippen LogP contribution is 2.22. The average Bonchev–Trinajstić information content (AvgIpc) is 3.30. The summed E-state index contributed by atoms with van der Waals surface area (Å²) >= 11 is 0. The van der Waals surface area contributed by atoms with E-state index in [1.807, 2.05) is 0 Å². The monoisotopic (exact) mass is 413 g/mol. The minimum absolute atomic E-state index is 0.0273. The van der Waals surface area contributed by atoms with Crippen LogP contribution in [0.4, 0.5) is 5.69 Å². The summed E-state index contributed by atoms with van der Waals surface area (Å²) in [5.41, 5.74) is 0.527. The number of sulfonamides is 1. The Labute approximate surface area is 168 Å². The van der Waals surface area contributed by atoms with Crippen LogP contribution in [0.1, 0.15) is 10.4 Å². The summed E-state index contributed by atoms with van der Waals surface area (Å²) in [4.78, 5) is 17.0. The Balaban J connectivity index is 1.56. The predicted octanol–water partition coefficient (Wildman–Crippen LogP) is 1.54. The van der Waals surface area contributed by atoms with Gasteiger partial charge in [-0.25, -0.2) is 18.1 Å². The van der Waals surface area contributed by atoms with Crippen LogP contribution in [0.2, 0.25) is 0 Å². The summed E-state index contributed by atoms with van der Waals surface area (Å²) in [6, 6.07) is 11.3. The molecule has 1 aliphatic rings. The molecule has 2 aromatic heterocycles. The number of pyridine rings is 1. The zero-order valence-corrected chi connectivity index (χ0v) is 16.2. The average molecular weight is 413 g/mol. The van der Waals surface area contributed by atoms with Crippen molar-refractivity contribution in [2.75, 3.05) is 31.6 Å². The zero-order valence-electron chi connectivity index (χ0n) is 15.4. The molecule has 0 aliphatic carbocycles. The molecule has 29 heavy (non-hydrogen) atoms. The number of aromatic nitrogens is 3. The largest absolute Gasteiger partial charge is 0.379 e. The van der Waals surface area contributed by atoms with Crippen LogP contribution in [0.3, 0.4) is 0 Å². The van der Waals surface area contributed by atoms with Crippen molar-refractivity contribution >= 4 is 21.6 Å². The van der Waals surface area contributed by atoms with Gasteiger partial charge in [0, 0.05) is 25.5 Å². The van der Waals surface area contributed by atoms with Gasteiger partial charge in [-0.05, 0) is 30.3 Å². The van der Waals surface area contributed by atoms with E-state index in [9.17, 15) is 13.2 Å². The smallest absolute Gasteiger partial charge is 0.257 e. The fourth-order valence-corrected chi connectivity index (χ4v) is 4.60. The van der Waals surface area contributed by atoms with Gasteiger partial charge in [0.05, 0.1) is 35.6 Å². The number of amides is 1. The first-order chi connectivity index (χ1) is 14.1. The first kappa shape index (κ1) is 19.2. The van der Waals surface area contributed by atoms with E-state index < -0.39 is 15.9 Å². The van der Waals surface area contributed by atoms with Crippen LogP contribution >= 0.6 is 0 Å². The third-order valence-electron chi connectivity index (χ3n) is 4.46. The summed E-state index contributed by atoms with van der Waals surface area (Å²) in [5, 5.41) is 6.80. The Hall–Kier alpha value is -3.08. The zero-order chi connectivity index (χ0) is 20.3. The first-order valence-corrected chi connectivity index (χ1v) is 10.4. The van der Waals surface area contributed by atoms with Gasteiger partial charge in [-0.2, -0.15) is 9.40 Å². The van der Waals surface area contributed by atoms with Gasteiger partial charge in [0.1, 0.15) is 0 Å². The van der Waals surface area contributed by atoms with Crippen molar-refractivity contribution in [2.24, 2.45) is 0 Å². The molecule has 4 rings (SSSR count). The maximum atomic E-state index is 13.0. The molecule has 10 heteroatoms. The maximum absolute atomic E-state index is 13.0. The minimum Gasteiger partial charge on any atom is -0.379 e. The number of hydrogen-bond acceptors (Lipinski definition) is 6. The fourth-order valence-electron chi connectivity index (χ4n) is 3.00. The minimum atomic E-state index is -3.80. The van der Waals surface area contributed by atoms with Crippen LogP contribution in [0.5, 0.6) is 0 Å². The van der Waals surface area contributed by atoms with E-state index in [2.05, 4.69) is 15.4 Å². The molecule has 150 valence electrons. The quantitative estimate of drug-likeness (QED) is 0.680. The van der Waals surface area contributed by atoms with Gasteiger partial charge in [0.2, 0.25) is 10.0 Å². The number of carbonyl (C=O) groups excluding carboxylic acids is 1. The van der Waals surface area contributed by atoms with Crippen molar-refractivity contribution in [1.82, 2.24) is 19.1 Å². The van der Waals surface area contributed by atoms with Gasteiger partial charge in [-0.15, -0.1) is 0 Å². The van der Waals surface area contributed by atoms with Crippen molar-refractivity contribution in [3.8, 4) is 5.82 Å². The SMILES string of the molecule is O=C(Nc1ccc(-n2cccn2)nc1)c1ccccc1S(=O)(=O)N1CCOCC1. The molecule has 1 amide bonds. The van der Waals surface area contributed by atoms with Crippen molar-refractivity contribution in [2.45, 2.75) is 4.90 Å². The van der Waals surface area contributed by atoms with Crippen LogP contribution in [-0.2, 0) is 14.8 Å². The Morgan fingerprint density at radius 1 is 1.07 bits per heavy atom. The number of nitrogens with one attached hydrogen (secondary N) is 1. The number of benzene rings is 1. The maximum Gasteiger partial charge on any atom is 0.257 e. The summed E-state index contributed by atoms with van der Waals surface area (Å²) in [7, 11) is -3.80. The van der Waals surface area contributed by atoms with Gasteiger partial charge in [-0.1, -0.05) is 12.1 Å². The van der Waals surface area contributed by atoms with Crippen LogP contribution in [0, 0.1) is 0 Å². The number of hydrogen-bond donors (Lipinski definition) is 1. The van der Waals surface area contributed by atoms with Crippen LogP contribution in [-0.4, -0.2) is 59.7 Å². The van der Waals surface area contributed by atoms with Gasteiger partial charge < -0.3 is 10.1 Å². The molecule has 3 heterocycles. The Bertz CT molecular complexity index is 1090. The third-order valence-corrected chi connectivity index (χ3v) is 6.42. The summed E-state index contributed by atoms with van der Waals surface area (Å²) in [6.07, 6.45) is 4.89. The van der Waals surface area contributed by atoms with E-state index in [4.69, 9.17) is 4.74 Å². The number of ether oxygens (including phenoxy) is 1. The highest BCUT2D eigenvalue weighted by atomic mass is 32.2. The third kappa shape index (κ3) is 4.04. The topological polar surface area (TPSA) is 106 Å². The lowest BCUT2D eigenvalue weighted by Crippen LogP contribution is -2.41. The van der Waals surface area contributed by atoms with Gasteiger partial charge in [-0.3, -0.25) is 4.79 Å². The first-order valence-electron chi connectivity index (χ1n) is 9.00. The summed E-state index contributed by atoms with van der Waals surface area (Å²) < 4.78 is 34.2. The second kappa shape index (κ2) is 8.11. The Morgan fingerprint density at radius 3 is 2.55 bits per heavy atom. The van der Waals surface area contributed by atoms with Crippen molar-refractivity contribution in [3.05, 3.63) is 66.6 Å². The standard InChI is InChI=1S/C19H19N5O4S/c25-19(22-15-6-7-18(20-14-15)24-9-3-8-21-24)16-4-1-2-5-17(16)29(26,27)23-10-12-28-13-11-23/h1-9,14H,10-13H2,(H,22,25). The second-order valence-corrected chi connectivity index (χ2v) is 8.23. The summed E-state index contributed by atoms with van der Waals surface area (Å²) in [6.45, 7) is 1.19. The van der Waals surface area contributed by atoms with E-state index in [1.54, 1.807) is 47.4 Å². The molecular formula is C19H19N5O4S. The van der Waals surface area contributed by atoms with Crippen LogP contribution in [0.15, 0.2) is 66.0 Å². The Morgan fingerprint density at radius 2 is 1.86 bits per heavy atom. The van der Waals surface area contributed by atoms with Gasteiger partial charge in [0.25, 0.3) is 5.91 Å². The molecule has 1 aromatic carbocycles. The lowest BCUT2D eigenvalue weighted by molar-refractivity contribution is 0.0730. The van der Waals surface area contributed by atoms with Crippen molar-refractivity contribution in [3.63, 3.8) is 0 Å². The lowest BCUT2D eigenvalue weighted by atomic mass is 10.2. The van der Waals surface area contributed by atoms with E-state index >= 15 is 0 Å². The van der Waals surface area contributed by atoms with Crippen molar-refractivity contribution in [1.29, 1.82) is 0 Å². The Kier molecular flexibility index (Phi) is 5.38. The van der Waals surface area contributed by atoms with Crippen molar-refractivity contribution < 1.29 is 17.9 Å². The molecule has 1 N–H and O–H groups in total. The van der Waals surface area contributed by atoms with E-state index in [1.165, 1.54) is 22.6 Å². The second-order valence-electron chi connectivity index (χ2n) is 6.32. The molecule has 0 saturated carbocycles. The fraction of sp³-hybridized carbons (Fsp3) is 0.211. The molecule has 0 spiro atoms. The number of morpholine rings is 1. The molecule has 9 nitrogen and oxygen atoms in total. The normalized spacial score (nSPS) is 15.2. The highest BCUT2D eigenvalue weighted by Gasteiger charge is 2.30. The molecule has 0 unspecified atom stereocenters. The van der Waals surface area contributed by atoms with E-state index in [0.717, 1.165) is 0 Å². The van der Waals surface area contributed by atoms with Crippen LogP contribution < -0.4 is 5.32 Å². The molecular weight excluding hydrogens is 394 g/mol. The molecule has 3 aromatic rings. The number of anilines is 1. The van der Waals surface area contributed by atoms with E-state index in [-0.39, 0.29) is 23.5 Å². The molecule has 1 fully saturated rings. The number of carbonyl (C=O) groups is 1. The number of rotatable bonds is 5. The van der Waals surface area contributed by atoms with Gasteiger partial charge >= 0.3 is 0 Å². The predicted molar refractivity (Wildman–Crippen MR) is 105 cm³/mol. The van der Waals surface area contributed by atoms with E-state index in [0.29, 0.717) is 24.7 Å². The molecule has 1 aliphatic heterocycles. The number of nitrogens with zero attached hydrogens (tertiary/aromatic N) is 4. The van der Waals surface area contributed by atoms with Crippen LogP contribution in [0.25, 0.3) is 5.82 Å². The molecule has 1 saturated heterocycles. The summed E-state index contributed by atoms with van der Waals surface area (Å²) in [5.74, 6) is 0.0781. The molecule has 0 radical (unpaired) electrons. The molecule has 0 bridgehead atoms. The highest BCUT2D eigenvalue weighted by molar-refractivity contribution is 7.89.